The summed E-state index contributed by atoms with van der Waals surface area (Å²) in [7, 11) is 0. The predicted molar refractivity (Wildman–Crippen MR) is 68.2 cm³/mol. The third-order valence-electron chi connectivity index (χ3n) is 2.41. The number of nitrogens with zero attached hydrogens (tertiary/aromatic N) is 3. The van der Waals surface area contributed by atoms with Gasteiger partial charge in [-0.05, 0) is 25.6 Å². The second-order valence-corrected chi connectivity index (χ2v) is 4.72. The van der Waals surface area contributed by atoms with Gasteiger partial charge >= 0.3 is 0 Å². The molecule has 0 atom stereocenters. The van der Waals surface area contributed by atoms with Gasteiger partial charge in [-0.3, -0.25) is 9.67 Å². The average molecular weight is 254 g/mol. The zero-order chi connectivity index (χ0) is 11.5. The number of aromatic nitrogens is 4. The Kier molecular flexibility index (Phi) is 3.50. The minimum Gasteiger partial charge on any atom is -0.300 e. The number of thiazole rings is 1. The largest absolute Gasteiger partial charge is 0.300 e. The Bertz CT molecular complexity index is 523. The van der Waals surface area contributed by atoms with Gasteiger partial charge in [0.1, 0.15) is 0 Å². The third kappa shape index (κ3) is 1.94. The molecule has 2 heterocycles. The first kappa shape index (κ1) is 11.5. The van der Waals surface area contributed by atoms with Crippen molar-refractivity contribution in [2.75, 3.05) is 0 Å². The molecule has 1 N–H and O–H groups in total. The zero-order valence-electron chi connectivity index (χ0n) is 9.36. The van der Waals surface area contributed by atoms with Gasteiger partial charge in [0, 0.05) is 6.54 Å². The quantitative estimate of drug-likeness (QED) is 0.853. The molecule has 0 amide bonds. The van der Waals surface area contributed by atoms with Gasteiger partial charge in [0.2, 0.25) is 0 Å². The van der Waals surface area contributed by atoms with Crippen molar-refractivity contribution < 1.29 is 0 Å². The summed E-state index contributed by atoms with van der Waals surface area (Å²) in [5, 5.41) is 7.13. The molecule has 0 saturated heterocycles. The van der Waals surface area contributed by atoms with Crippen LogP contribution in [0.2, 0.25) is 0 Å². The summed E-state index contributed by atoms with van der Waals surface area (Å²) >= 11 is 6.81. The lowest BCUT2D eigenvalue weighted by atomic mass is 10.2. The Labute approximate surface area is 103 Å². The van der Waals surface area contributed by atoms with Gasteiger partial charge in [0.25, 0.3) is 0 Å². The summed E-state index contributed by atoms with van der Waals surface area (Å²) in [5.41, 5.74) is 2.99. The van der Waals surface area contributed by atoms with E-state index in [9.17, 15) is 0 Å². The summed E-state index contributed by atoms with van der Waals surface area (Å²) in [5.74, 6) is 0.915. The van der Waals surface area contributed by atoms with Crippen LogP contribution < -0.4 is 0 Å². The monoisotopic (exact) mass is 254 g/mol. The van der Waals surface area contributed by atoms with Crippen LogP contribution in [0.3, 0.4) is 0 Å². The van der Waals surface area contributed by atoms with E-state index in [2.05, 4.69) is 29.0 Å². The highest BCUT2D eigenvalue weighted by Gasteiger charge is 2.14. The topological polar surface area (TPSA) is 46.5 Å². The third-order valence-corrected chi connectivity index (χ3v) is 3.58. The minimum atomic E-state index is 0.674. The maximum absolute atomic E-state index is 5.18. The van der Waals surface area contributed by atoms with E-state index in [0.29, 0.717) is 4.77 Å². The highest BCUT2D eigenvalue weighted by Crippen LogP contribution is 2.26. The Morgan fingerprint density at radius 2 is 2.31 bits per heavy atom. The van der Waals surface area contributed by atoms with Crippen molar-refractivity contribution in [2.24, 2.45) is 0 Å². The van der Waals surface area contributed by atoms with Crippen molar-refractivity contribution >= 4 is 23.6 Å². The lowest BCUT2D eigenvalue weighted by molar-refractivity contribution is 0.755. The van der Waals surface area contributed by atoms with Gasteiger partial charge in [-0.2, -0.15) is 5.10 Å². The lowest BCUT2D eigenvalue weighted by Crippen LogP contribution is -1.98. The van der Waals surface area contributed by atoms with Gasteiger partial charge in [-0.1, -0.05) is 13.3 Å². The SMILES string of the molecule is CCCc1ncsc1-c1n[nH]c(=S)n1CC. The lowest BCUT2D eigenvalue weighted by Gasteiger charge is -2.02. The van der Waals surface area contributed by atoms with Gasteiger partial charge < -0.3 is 0 Å². The van der Waals surface area contributed by atoms with E-state index in [1.807, 2.05) is 10.1 Å². The summed E-state index contributed by atoms with van der Waals surface area (Å²) in [6.45, 7) is 5.05. The number of nitrogens with one attached hydrogen (secondary N) is 1. The molecule has 0 aliphatic heterocycles. The van der Waals surface area contributed by atoms with Crippen LogP contribution in [-0.4, -0.2) is 19.7 Å². The molecule has 2 aromatic rings. The molecule has 0 saturated carbocycles. The standard InChI is InChI=1S/C10H14N4S2/c1-3-5-7-8(16-6-11-7)9-12-13-10(15)14(9)4-2/h6H,3-5H2,1-2H3,(H,13,15). The number of hydrogen-bond donors (Lipinski definition) is 1. The summed E-state index contributed by atoms with van der Waals surface area (Å²) in [6, 6.07) is 0. The molecule has 4 nitrogen and oxygen atoms in total. The second kappa shape index (κ2) is 4.88. The van der Waals surface area contributed by atoms with Crippen LogP contribution in [0.5, 0.6) is 0 Å². The van der Waals surface area contributed by atoms with Crippen molar-refractivity contribution in [1.29, 1.82) is 0 Å². The first-order chi connectivity index (χ1) is 7.77. The second-order valence-electron chi connectivity index (χ2n) is 3.47. The molecule has 0 fully saturated rings. The Morgan fingerprint density at radius 3 is 3.00 bits per heavy atom. The zero-order valence-corrected chi connectivity index (χ0v) is 11.0. The van der Waals surface area contributed by atoms with E-state index in [0.717, 1.165) is 35.8 Å². The maximum Gasteiger partial charge on any atom is 0.195 e. The minimum absolute atomic E-state index is 0.674. The predicted octanol–water partition coefficient (Wildman–Crippen LogP) is 3.04. The Balaban J connectivity index is 2.49. The molecule has 6 heteroatoms. The van der Waals surface area contributed by atoms with E-state index in [-0.39, 0.29) is 0 Å². The van der Waals surface area contributed by atoms with Gasteiger partial charge in [0.15, 0.2) is 10.6 Å². The van der Waals surface area contributed by atoms with Crippen LogP contribution in [0.4, 0.5) is 0 Å². The number of hydrogen-bond acceptors (Lipinski definition) is 4. The molecular weight excluding hydrogens is 240 g/mol. The highest BCUT2D eigenvalue weighted by molar-refractivity contribution is 7.71. The van der Waals surface area contributed by atoms with E-state index in [1.54, 1.807) is 11.3 Å². The fraction of sp³-hybridized carbons (Fsp3) is 0.500. The maximum atomic E-state index is 5.18. The fourth-order valence-corrected chi connectivity index (χ4v) is 2.75. The van der Waals surface area contributed by atoms with Gasteiger partial charge in [-0.15, -0.1) is 11.3 Å². The Morgan fingerprint density at radius 1 is 1.50 bits per heavy atom. The molecule has 0 unspecified atom stereocenters. The number of aryl methyl sites for hydroxylation is 1. The summed E-state index contributed by atoms with van der Waals surface area (Å²) < 4.78 is 2.68. The molecule has 86 valence electrons. The summed E-state index contributed by atoms with van der Waals surface area (Å²) in [4.78, 5) is 5.52. The molecule has 0 aliphatic rings. The average Bonchev–Trinajstić information content (AvgIpc) is 2.85. The first-order valence-electron chi connectivity index (χ1n) is 5.35. The molecule has 2 aromatic heterocycles. The van der Waals surface area contributed by atoms with E-state index < -0.39 is 0 Å². The summed E-state index contributed by atoms with van der Waals surface area (Å²) in [6.07, 6.45) is 2.08. The van der Waals surface area contributed by atoms with Crippen LogP contribution in [0.1, 0.15) is 26.0 Å². The van der Waals surface area contributed by atoms with Crippen LogP contribution in [0.25, 0.3) is 10.7 Å². The van der Waals surface area contributed by atoms with Crippen LogP contribution in [0.15, 0.2) is 5.51 Å². The highest BCUT2D eigenvalue weighted by atomic mass is 32.1. The molecular formula is C10H14N4S2. The number of rotatable bonds is 4. The van der Waals surface area contributed by atoms with E-state index in [4.69, 9.17) is 12.2 Å². The van der Waals surface area contributed by atoms with Crippen molar-refractivity contribution in [3.63, 3.8) is 0 Å². The van der Waals surface area contributed by atoms with Crippen molar-refractivity contribution in [1.82, 2.24) is 19.7 Å². The molecule has 0 aliphatic carbocycles. The van der Waals surface area contributed by atoms with E-state index in [1.165, 1.54) is 0 Å². The van der Waals surface area contributed by atoms with Crippen LogP contribution in [-0.2, 0) is 13.0 Å². The molecule has 16 heavy (non-hydrogen) atoms. The van der Waals surface area contributed by atoms with Gasteiger partial charge in [0.05, 0.1) is 16.1 Å². The van der Waals surface area contributed by atoms with Crippen LogP contribution in [0, 0.1) is 4.77 Å². The molecule has 2 rings (SSSR count). The smallest absolute Gasteiger partial charge is 0.195 e. The van der Waals surface area contributed by atoms with Crippen molar-refractivity contribution in [3.05, 3.63) is 16.0 Å². The molecule has 0 radical (unpaired) electrons. The van der Waals surface area contributed by atoms with E-state index >= 15 is 0 Å². The normalized spacial score (nSPS) is 10.9. The molecule has 0 bridgehead atoms. The first-order valence-corrected chi connectivity index (χ1v) is 6.64. The molecule has 0 aromatic carbocycles. The van der Waals surface area contributed by atoms with Crippen LogP contribution >= 0.6 is 23.6 Å². The number of H-pyrrole nitrogens is 1. The Hall–Kier alpha value is -1.01. The number of aromatic amines is 1. The fourth-order valence-electron chi connectivity index (χ4n) is 1.65. The van der Waals surface area contributed by atoms with Crippen molar-refractivity contribution in [3.8, 4) is 10.7 Å². The van der Waals surface area contributed by atoms with Crippen molar-refractivity contribution in [2.45, 2.75) is 33.2 Å². The molecule has 0 spiro atoms. The van der Waals surface area contributed by atoms with Gasteiger partial charge in [-0.25, -0.2) is 4.98 Å².